The van der Waals surface area contributed by atoms with Crippen molar-refractivity contribution in [2.75, 3.05) is 0 Å². The van der Waals surface area contributed by atoms with Crippen molar-refractivity contribution in [1.82, 2.24) is 9.78 Å². The maximum atomic E-state index is 10.3. The summed E-state index contributed by atoms with van der Waals surface area (Å²) in [6.07, 6.45) is 4.69. The molecule has 0 saturated heterocycles. The van der Waals surface area contributed by atoms with Crippen molar-refractivity contribution in [2.24, 2.45) is 5.92 Å². The summed E-state index contributed by atoms with van der Waals surface area (Å²) in [5.41, 5.74) is 3.40. The van der Waals surface area contributed by atoms with E-state index in [2.05, 4.69) is 32.4 Å². The first-order valence-corrected chi connectivity index (χ1v) is 7.85. The summed E-state index contributed by atoms with van der Waals surface area (Å²) < 4.78 is 2.15. The molecule has 2 unspecified atom stereocenters. The van der Waals surface area contributed by atoms with E-state index < -0.39 is 0 Å². The molecule has 0 aliphatic rings. The average Bonchev–Trinajstić information content (AvgIpc) is 2.75. The van der Waals surface area contributed by atoms with Gasteiger partial charge in [-0.05, 0) is 31.6 Å². The van der Waals surface area contributed by atoms with Crippen LogP contribution in [0, 0.1) is 5.92 Å². The minimum atomic E-state index is -0.361. The maximum Gasteiger partial charge on any atom is 0.0823 e. The summed E-state index contributed by atoms with van der Waals surface area (Å²) >= 11 is 0. The highest BCUT2D eigenvalue weighted by Gasteiger charge is 2.21. The van der Waals surface area contributed by atoms with Crippen LogP contribution in [0.15, 0.2) is 0 Å². The second-order valence-electron chi connectivity index (χ2n) is 5.51. The number of hydrogen-bond donors (Lipinski definition) is 1. The Morgan fingerprint density at radius 1 is 1.16 bits per heavy atom. The highest BCUT2D eigenvalue weighted by Crippen LogP contribution is 2.26. The molecule has 19 heavy (non-hydrogen) atoms. The van der Waals surface area contributed by atoms with Gasteiger partial charge in [0.15, 0.2) is 0 Å². The third kappa shape index (κ3) is 3.82. The third-order valence-corrected chi connectivity index (χ3v) is 3.83. The molecular formula is C16H30N2O. The third-order valence-electron chi connectivity index (χ3n) is 3.83. The lowest BCUT2D eigenvalue weighted by Crippen LogP contribution is -2.12. The van der Waals surface area contributed by atoms with Crippen molar-refractivity contribution in [3.63, 3.8) is 0 Å². The van der Waals surface area contributed by atoms with Crippen molar-refractivity contribution in [3.8, 4) is 0 Å². The predicted molar refractivity (Wildman–Crippen MR) is 80.3 cm³/mol. The Morgan fingerprint density at radius 2 is 1.84 bits per heavy atom. The maximum absolute atomic E-state index is 10.3. The molecule has 0 spiro atoms. The topological polar surface area (TPSA) is 38.0 Å². The van der Waals surface area contributed by atoms with Crippen LogP contribution in [0.25, 0.3) is 0 Å². The Balaban J connectivity index is 3.08. The van der Waals surface area contributed by atoms with Crippen molar-refractivity contribution in [2.45, 2.75) is 79.4 Å². The van der Waals surface area contributed by atoms with Crippen molar-refractivity contribution >= 4 is 0 Å². The van der Waals surface area contributed by atoms with E-state index in [-0.39, 0.29) is 6.10 Å². The molecule has 1 heterocycles. The van der Waals surface area contributed by atoms with Crippen LogP contribution in [0.5, 0.6) is 0 Å². The van der Waals surface area contributed by atoms with Crippen LogP contribution in [0.4, 0.5) is 0 Å². The number of aromatic nitrogens is 2. The molecule has 110 valence electrons. The molecule has 1 aromatic rings. The van der Waals surface area contributed by atoms with E-state index in [0.29, 0.717) is 5.92 Å². The molecule has 0 radical (unpaired) electrons. The smallest absolute Gasteiger partial charge is 0.0823 e. The van der Waals surface area contributed by atoms with Crippen LogP contribution < -0.4 is 0 Å². The number of hydrogen-bond acceptors (Lipinski definition) is 2. The van der Waals surface area contributed by atoms with Gasteiger partial charge in [0.1, 0.15) is 0 Å². The summed E-state index contributed by atoms with van der Waals surface area (Å²) in [5, 5.41) is 15.0. The van der Waals surface area contributed by atoms with Crippen LogP contribution in [-0.4, -0.2) is 14.9 Å². The van der Waals surface area contributed by atoms with E-state index in [1.165, 1.54) is 18.5 Å². The normalized spacial score (nSPS) is 14.6. The van der Waals surface area contributed by atoms with E-state index in [1.54, 1.807) is 0 Å². The fourth-order valence-electron chi connectivity index (χ4n) is 2.82. The van der Waals surface area contributed by atoms with Gasteiger partial charge in [0.25, 0.3) is 0 Å². The quantitative estimate of drug-likeness (QED) is 0.775. The highest BCUT2D eigenvalue weighted by molar-refractivity contribution is 5.29. The first-order chi connectivity index (χ1) is 9.08. The number of rotatable bonds is 8. The lowest BCUT2D eigenvalue weighted by atomic mass is 10.0. The summed E-state index contributed by atoms with van der Waals surface area (Å²) in [6, 6.07) is 0. The van der Waals surface area contributed by atoms with Gasteiger partial charge in [-0.2, -0.15) is 5.10 Å². The Hall–Kier alpha value is -0.830. The monoisotopic (exact) mass is 266 g/mol. The Morgan fingerprint density at radius 3 is 2.32 bits per heavy atom. The summed E-state index contributed by atoms with van der Waals surface area (Å²) in [5.74, 6) is 0.645. The largest absolute Gasteiger partial charge is 0.388 e. The van der Waals surface area contributed by atoms with Crippen LogP contribution in [0.1, 0.15) is 76.9 Å². The van der Waals surface area contributed by atoms with Gasteiger partial charge >= 0.3 is 0 Å². The first kappa shape index (κ1) is 16.2. The summed E-state index contributed by atoms with van der Waals surface area (Å²) in [4.78, 5) is 0. The van der Waals surface area contributed by atoms with E-state index in [0.717, 1.165) is 37.1 Å². The lowest BCUT2D eigenvalue weighted by molar-refractivity contribution is 0.171. The van der Waals surface area contributed by atoms with E-state index in [9.17, 15) is 5.11 Å². The predicted octanol–water partition coefficient (Wildman–Crippen LogP) is 3.89. The minimum Gasteiger partial charge on any atom is -0.388 e. The van der Waals surface area contributed by atoms with Gasteiger partial charge in [-0.3, -0.25) is 4.68 Å². The number of aliphatic hydroxyl groups excluding tert-OH is 1. The SMILES string of the molecule is CCCC(C)Cn1nc(CC)c(C(O)CC)c1CC. The molecule has 1 rings (SSSR count). The number of aryl methyl sites for hydroxylation is 1. The Kier molecular flexibility index (Phi) is 6.56. The molecule has 1 N–H and O–H groups in total. The Labute approximate surface area is 118 Å². The van der Waals surface area contributed by atoms with E-state index in [1.807, 2.05) is 6.92 Å². The van der Waals surface area contributed by atoms with Gasteiger partial charge in [-0.25, -0.2) is 0 Å². The zero-order valence-corrected chi connectivity index (χ0v) is 13.2. The molecule has 1 aromatic heterocycles. The standard InChI is InChI=1S/C16H30N2O/c1-6-10-12(5)11-18-14(8-3)16(15(19)9-4)13(7-2)17-18/h12,15,19H,6-11H2,1-5H3. The first-order valence-electron chi connectivity index (χ1n) is 7.85. The summed E-state index contributed by atoms with van der Waals surface area (Å²) in [7, 11) is 0. The molecule has 0 aliphatic carbocycles. The van der Waals surface area contributed by atoms with E-state index >= 15 is 0 Å². The average molecular weight is 266 g/mol. The zero-order valence-electron chi connectivity index (χ0n) is 13.2. The number of nitrogens with zero attached hydrogens (tertiary/aromatic N) is 2. The molecule has 0 aliphatic heterocycles. The molecule has 2 atom stereocenters. The Bertz CT molecular complexity index is 384. The zero-order chi connectivity index (χ0) is 14.4. The molecule has 0 saturated carbocycles. The fourth-order valence-corrected chi connectivity index (χ4v) is 2.82. The van der Waals surface area contributed by atoms with Gasteiger partial charge in [0, 0.05) is 17.8 Å². The lowest BCUT2D eigenvalue weighted by Gasteiger charge is -2.14. The highest BCUT2D eigenvalue weighted by atomic mass is 16.3. The fraction of sp³-hybridized carbons (Fsp3) is 0.812. The van der Waals surface area contributed by atoms with Crippen molar-refractivity contribution in [3.05, 3.63) is 17.0 Å². The van der Waals surface area contributed by atoms with Crippen LogP contribution in [-0.2, 0) is 19.4 Å². The van der Waals surface area contributed by atoms with Crippen LogP contribution >= 0.6 is 0 Å². The van der Waals surface area contributed by atoms with Crippen molar-refractivity contribution < 1.29 is 5.11 Å². The second-order valence-corrected chi connectivity index (χ2v) is 5.51. The van der Waals surface area contributed by atoms with Gasteiger partial charge < -0.3 is 5.11 Å². The molecule has 3 heteroatoms. The second kappa shape index (κ2) is 7.68. The number of aliphatic hydroxyl groups is 1. The van der Waals surface area contributed by atoms with Crippen LogP contribution in [0.2, 0.25) is 0 Å². The molecular weight excluding hydrogens is 236 g/mol. The van der Waals surface area contributed by atoms with Gasteiger partial charge in [0.2, 0.25) is 0 Å². The van der Waals surface area contributed by atoms with Crippen molar-refractivity contribution in [1.29, 1.82) is 0 Å². The molecule has 0 bridgehead atoms. The van der Waals surface area contributed by atoms with Gasteiger partial charge in [-0.1, -0.05) is 41.0 Å². The van der Waals surface area contributed by atoms with E-state index in [4.69, 9.17) is 5.10 Å². The molecule has 3 nitrogen and oxygen atoms in total. The van der Waals surface area contributed by atoms with Gasteiger partial charge in [0.05, 0.1) is 11.8 Å². The summed E-state index contributed by atoms with van der Waals surface area (Å²) in [6.45, 7) is 11.8. The minimum absolute atomic E-state index is 0.361. The molecule has 0 fully saturated rings. The van der Waals surface area contributed by atoms with Crippen LogP contribution in [0.3, 0.4) is 0 Å². The molecule has 0 aromatic carbocycles. The molecule has 0 amide bonds. The van der Waals surface area contributed by atoms with Gasteiger partial charge in [-0.15, -0.1) is 0 Å².